The van der Waals surface area contributed by atoms with E-state index in [2.05, 4.69) is 36.5 Å². The summed E-state index contributed by atoms with van der Waals surface area (Å²) in [7, 11) is -1.13. The molecule has 0 bridgehead atoms. The molecular formula is C21H31N7O2S2. The van der Waals surface area contributed by atoms with Crippen molar-refractivity contribution in [3.63, 3.8) is 0 Å². The molecule has 3 atom stereocenters. The molecule has 0 amide bonds. The molecular weight excluding hydrogens is 446 g/mol. The van der Waals surface area contributed by atoms with Crippen LogP contribution in [0.5, 0.6) is 0 Å². The van der Waals surface area contributed by atoms with Crippen LogP contribution in [0.25, 0.3) is 0 Å². The normalized spacial score (nSPS) is 24.1. The molecule has 2 fully saturated rings. The van der Waals surface area contributed by atoms with Crippen LogP contribution in [0.4, 0.5) is 11.6 Å². The Balaban J connectivity index is 1.38. The summed E-state index contributed by atoms with van der Waals surface area (Å²) < 4.78 is 21.9. The molecule has 3 N–H and O–H groups in total. The zero-order valence-corrected chi connectivity index (χ0v) is 20.6. The van der Waals surface area contributed by atoms with Crippen molar-refractivity contribution in [3.8, 4) is 0 Å². The molecule has 174 valence electrons. The summed E-state index contributed by atoms with van der Waals surface area (Å²) in [5, 5.41) is 1.48. The van der Waals surface area contributed by atoms with E-state index in [4.69, 9.17) is 10.5 Å². The van der Waals surface area contributed by atoms with Crippen molar-refractivity contribution in [2.45, 2.75) is 67.5 Å². The fraction of sp³-hybridized carbons (Fsp3) is 0.619. The Labute approximate surface area is 195 Å². The Morgan fingerprint density at radius 3 is 2.34 bits per heavy atom. The number of nitrogens with one attached hydrogen (secondary N) is 1. The molecule has 0 aliphatic carbocycles. The molecule has 0 radical (unpaired) electrons. The minimum atomic E-state index is -1.13. The Hall–Kier alpha value is -1.82. The highest BCUT2D eigenvalue weighted by Gasteiger charge is 2.50. The lowest BCUT2D eigenvalue weighted by molar-refractivity contribution is 0.0973. The summed E-state index contributed by atoms with van der Waals surface area (Å²) in [6.45, 7) is 10.5. The standard InChI is InChI=1S/C21H31N7O2S2/c1-14-19(27-32(29)20(2,3)4)21(13-30-14)5-7-28(8-6-21)16-10-26-18(12-24-16)31-17-11-23-15(22)9-25-17/h9-12,14,19,27H,5-8,13H2,1-4H3,(H2,22,23)/t14-,19+,32+/m0/s1. The molecule has 32 heavy (non-hydrogen) atoms. The predicted molar refractivity (Wildman–Crippen MR) is 127 cm³/mol. The maximum atomic E-state index is 12.8. The lowest BCUT2D eigenvalue weighted by Gasteiger charge is -2.43. The van der Waals surface area contributed by atoms with E-state index in [0.29, 0.717) is 12.4 Å². The first-order chi connectivity index (χ1) is 15.2. The number of aromatic nitrogens is 4. The van der Waals surface area contributed by atoms with Gasteiger partial charge in [0.25, 0.3) is 0 Å². The topological polar surface area (TPSA) is 119 Å². The van der Waals surface area contributed by atoms with Crippen molar-refractivity contribution in [2.24, 2.45) is 5.41 Å². The average Bonchev–Trinajstić information content (AvgIpc) is 3.05. The number of piperidine rings is 1. The number of nitrogens with zero attached hydrogens (tertiary/aromatic N) is 5. The zero-order chi connectivity index (χ0) is 22.9. The van der Waals surface area contributed by atoms with Crippen molar-refractivity contribution in [3.05, 3.63) is 24.8 Å². The van der Waals surface area contributed by atoms with Crippen molar-refractivity contribution in [2.75, 3.05) is 30.3 Å². The maximum absolute atomic E-state index is 12.8. The van der Waals surface area contributed by atoms with E-state index in [-0.39, 0.29) is 22.3 Å². The van der Waals surface area contributed by atoms with Crippen molar-refractivity contribution in [1.29, 1.82) is 0 Å². The number of nitrogens with two attached hydrogens (primary N) is 1. The largest absolute Gasteiger partial charge is 0.382 e. The minimum Gasteiger partial charge on any atom is -0.382 e. The van der Waals surface area contributed by atoms with Crippen molar-refractivity contribution < 1.29 is 8.95 Å². The highest BCUT2D eigenvalue weighted by Crippen LogP contribution is 2.43. The Morgan fingerprint density at radius 1 is 1.12 bits per heavy atom. The fourth-order valence-corrected chi connectivity index (χ4v) is 5.80. The van der Waals surface area contributed by atoms with Gasteiger partial charge in [-0.2, -0.15) is 0 Å². The van der Waals surface area contributed by atoms with Crippen LogP contribution in [0.2, 0.25) is 0 Å². The Bertz CT molecular complexity index is 942. The number of ether oxygens (including phenoxy) is 1. The Kier molecular flexibility index (Phi) is 6.71. The van der Waals surface area contributed by atoms with E-state index in [0.717, 1.165) is 41.8 Å². The average molecular weight is 478 g/mol. The van der Waals surface area contributed by atoms with Crippen molar-refractivity contribution >= 4 is 34.4 Å². The van der Waals surface area contributed by atoms with Crippen LogP contribution >= 0.6 is 11.8 Å². The van der Waals surface area contributed by atoms with Gasteiger partial charge in [0.15, 0.2) is 0 Å². The fourth-order valence-electron chi connectivity index (χ4n) is 4.14. The molecule has 0 unspecified atom stereocenters. The van der Waals surface area contributed by atoms with Gasteiger partial charge in [0.1, 0.15) is 21.7 Å². The molecule has 9 nitrogen and oxygen atoms in total. The van der Waals surface area contributed by atoms with E-state index in [1.807, 2.05) is 27.0 Å². The third-order valence-electron chi connectivity index (χ3n) is 6.11. The quantitative estimate of drug-likeness (QED) is 0.669. The summed E-state index contributed by atoms with van der Waals surface area (Å²) in [6, 6.07) is 0.0792. The molecule has 2 aromatic heterocycles. The van der Waals surface area contributed by atoms with Gasteiger partial charge >= 0.3 is 0 Å². The first-order valence-corrected chi connectivity index (χ1v) is 12.7. The highest BCUT2D eigenvalue weighted by molar-refractivity contribution is 7.99. The lowest BCUT2D eigenvalue weighted by Crippen LogP contribution is -2.55. The predicted octanol–water partition coefficient (Wildman–Crippen LogP) is 2.43. The molecule has 4 heterocycles. The number of nitrogen functional groups attached to an aromatic ring is 1. The minimum absolute atomic E-state index is 0.00608. The summed E-state index contributed by atoms with van der Waals surface area (Å²) in [4.78, 5) is 19.7. The molecule has 1 spiro atoms. The smallest absolute Gasteiger partial charge is 0.147 e. The monoisotopic (exact) mass is 477 g/mol. The van der Waals surface area contributed by atoms with Gasteiger partial charge in [-0.15, -0.1) is 0 Å². The first-order valence-electron chi connectivity index (χ1n) is 10.8. The SMILES string of the molecule is C[C@@H]1OCC2(CCN(c3cnc(Sc4cnc(N)cn4)cn3)CC2)[C@@H]1N[S@](=O)C(C)(C)C. The molecule has 0 aromatic carbocycles. The van der Waals surface area contributed by atoms with Crippen LogP contribution in [0.15, 0.2) is 34.8 Å². The van der Waals surface area contributed by atoms with E-state index in [1.54, 1.807) is 12.4 Å². The number of hydrogen-bond acceptors (Lipinski definition) is 9. The van der Waals surface area contributed by atoms with Gasteiger partial charge in [0.2, 0.25) is 0 Å². The van der Waals surface area contributed by atoms with Crippen LogP contribution in [0.1, 0.15) is 40.5 Å². The van der Waals surface area contributed by atoms with E-state index >= 15 is 0 Å². The van der Waals surface area contributed by atoms with Gasteiger partial charge in [0, 0.05) is 18.5 Å². The second kappa shape index (κ2) is 9.20. The second-order valence-corrected chi connectivity index (χ2v) is 12.5. The van der Waals surface area contributed by atoms with Gasteiger partial charge in [0.05, 0.1) is 59.3 Å². The molecule has 11 heteroatoms. The van der Waals surface area contributed by atoms with Gasteiger partial charge in [-0.05, 0) is 52.3 Å². The van der Waals surface area contributed by atoms with Gasteiger partial charge in [-0.3, -0.25) is 0 Å². The second-order valence-electron chi connectivity index (χ2n) is 9.44. The van der Waals surface area contributed by atoms with Crippen LogP contribution in [-0.2, 0) is 15.7 Å². The number of anilines is 2. The van der Waals surface area contributed by atoms with Crippen LogP contribution in [-0.4, -0.2) is 60.7 Å². The first kappa shape index (κ1) is 23.3. The summed E-state index contributed by atoms with van der Waals surface area (Å²) in [5.41, 5.74) is 5.57. The van der Waals surface area contributed by atoms with Crippen LogP contribution < -0.4 is 15.4 Å². The third-order valence-corrected chi connectivity index (χ3v) is 8.53. The molecule has 0 saturated carbocycles. The third kappa shape index (κ3) is 5.05. The summed E-state index contributed by atoms with van der Waals surface area (Å²) in [6.07, 6.45) is 8.68. The highest BCUT2D eigenvalue weighted by atomic mass is 32.2. The maximum Gasteiger partial charge on any atom is 0.147 e. The van der Waals surface area contributed by atoms with E-state index in [1.165, 1.54) is 18.0 Å². The molecule has 2 aromatic rings. The summed E-state index contributed by atoms with van der Waals surface area (Å²) >= 11 is 1.40. The van der Waals surface area contributed by atoms with Crippen LogP contribution in [0, 0.1) is 5.41 Å². The van der Waals surface area contributed by atoms with Gasteiger partial charge in [-0.1, -0.05) is 0 Å². The molecule has 2 aliphatic heterocycles. The van der Waals surface area contributed by atoms with Crippen molar-refractivity contribution in [1.82, 2.24) is 24.7 Å². The number of hydrogen-bond donors (Lipinski definition) is 2. The van der Waals surface area contributed by atoms with E-state index in [9.17, 15) is 4.21 Å². The Morgan fingerprint density at radius 2 is 1.78 bits per heavy atom. The molecule has 2 aliphatic rings. The number of rotatable bonds is 5. The van der Waals surface area contributed by atoms with Gasteiger partial charge < -0.3 is 15.4 Å². The van der Waals surface area contributed by atoms with Crippen LogP contribution in [0.3, 0.4) is 0 Å². The summed E-state index contributed by atoms with van der Waals surface area (Å²) in [5.74, 6) is 1.25. The van der Waals surface area contributed by atoms with E-state index < -0.39 is 11.0 Å². The lowest BCUT2D eigenvalue weighted by atomic mass is 9.73. The molecule has 2 saturated heterocycles. The zero-order valence-electron chi connectivity index (χ0n) is 18.9. The van der Waals surface area contributed by atoms with Gasteiger partial charge in [-0.25, -0.2) is 28.9 Å². The molecule has 4 rings (SSSR count).